The molecule has 1 aliphatic carbocycles. The molecular formula is C19H24N2O4. The van der Waals surface area contributed by atoms with Gasteiger partial charge in [-0.25, -0.2) is 0 Å². The first-order valence-electron chi connectivity index (χ1n) is 8.66. The van der Waals surface area contributed by atoms with E-state index in [9.17, 15) is 9.90 Å². The molecule has 25 heavy (non-hydrogen) atoms. The number of aliphatic hydroxyl groups is 1. The molecule has 1 saturated carbocycles. The minimum absolute atomic E-state index is 0.0984. The maximum atomic E-state index is 12.4. The van der Waals surface area contributed by atoms with Crippen molar-refractivity contribution in [2.45, 2.75) is 32.1 Å². The van der Waals surface area contributed by atoms with Crippen molar-refractivity contribution >= 4 is 5.91 Å². The van der Waals surface area contributed by atoms with Crippen LogP contribution >= 0.6 is 0 Å². The number of benzene rings is 1. The Morgan fingerprint density at radius 1 is 1.32 bits per heavy atom. The molecule has 1 heterocycles. The van der Waals surface area contributed by atoms with Gasteiger partial charge in [0.1, 0.15) is 5.75 Å². The Kier molecular flexibility index (Phi) is 5.38. The summed E-state index contributed by atoms with van der Waals surface area (Å²) in [7, 11) is 1.60. The van der Waals surface area contributed by atoms with E-state index in [2.05, 4.69) is 10.5 Å². The normalized spacial score (nSPS) is 16.4. The van der Waals surface area contributed by atoms with E-state index in [1.807, 2.05) is 24.3 Å². The van der Waals surface area contributed by atoms with Crippen LogP contribution in [0.4, 0.5) is 0 Å². The monoisotopic (exact) mass is 344 g/mol. The van der Waals surface area contributed by atoms with Crippen molar-refractivity contribution in [1.82, 2.24) is 10.5 Å². The molecule has 1 aromatic carbocycles. The van der Waals surface area contributed by atoms with E-state index in [1.54, 1.807) is 13.2 Å². The average molecular weight is 344 g/mol. The first-order chi connectivity index (χ1) is 12.2. The summed E-state index contributed by atoms with van der Waals surface area (Å²) in [6.07, 6.45) is 5.28. The van der Waals surface area contributed by atoms with Gasteiger partial charge in [0.2, 0.25) is 0 Å². The van der Waals surface area contributed by atoms with Gasteiger partial charge in [0.15, 0.2) is 11.5 Å². The number of nitrogens with one attached hydrogen (secondary N) is 1. The van der Waals surface area contributed by atoms with E-state index in [1.165, 1.54) is 6.42 Å². The van der Waals surface area contributed by atoms with E-state index in [4.69, 9.17) is 9.26 Å². The second-order valence-electron chi connectivity index (χ2n) is 6.71. The summed E-state index contributed by atoms with van der Waals surface area (Å²) in [5.74, 6) is 0.942. The van der Waals surface area contributed by atoms with E-state index in [0.29, 0.717) is 18.1 Å². The Hall–Kier alpha value is -2.34. The van der Waals surface area contributed by atoms with Crippen molar-refractivity contribution in [2.75, 3.05) is 20.3 Å². The van der Waals surface area contributed by atoms with Crippen LogP contribution in [0, 0.1) is 5.41 Å². The highest BCUT2D eigenvalue weighted by molar-refractivity contribution is 5.93. The van der Waals surface area contributed by atoms with Gasteiger partial charge < -0.3 is 19.7 Å². The number of aromatic nitrogens is 1. The summed E-state index contributed by atoms with van der Waals surface area (Å²) < 4.78 is 10.5. The summed E-state index contributed by atoms with van der Waals surface area (Å²) in [5.41, 5.74) is 0.833. The van der Waals surface area contributed by atoms with Gasteiger partial charge in [0.05, 0.1) is 13.7 Å². The van der Waals surface area contributed by atoms with Crippen molar-refractivity contribution in [2.24, 2.45) is 5.41 Å². The van der Waals surface area contributed by atoms with Gasteiger partial charge in [-0.15, -0.1) is 0 Å². The SMILES string of the molecule is COc1cccc(-c2cc(C(=O)NCC3(CO)CCCCC3)no2)c1. The molecule has 134 valence electrons. The third-order valence-electron chi connectivity index (χ3n) is 4.97. The third-order valence-corrected chi connectivity index (χ3v) is 4.97. The second kappa shape index (κ2) is 7.70. The smallest absolute Gasteiger partial charge is 0.273 e. The highest BCUT2D eigenvalue weighted by Crippen LogP contribution is 2.35. The maximum Gasteiger partial charge on any atom is 0.273 e. The third kappa shape index (κ3) is 4.02. The topological polar surface area (TPSA) is 84.6 Å². The largest absolute Gasteiger partial charge is 0.497 e. The maximum absolute atomic E-state index is 12.4. The van der Waals surface area contributed by atoms with Crippen LogP contribution in [0.25, 0.3) is 11.3 Å². The molecule has 0 spiro atoms. The molecule has 1 aromatic heterocycles. The Labute approximate surface area is 147 Å². The zero-order valence-electron chi connectivity index (χ0n) is 14.5. The Bertz CT molecular complexity index is 720. The van der Waals surface area contributed by atoms with Crippen LogP contribution < -0.4 is 10.1 Å². The molecule has 1 fully saturated rings. The van der Waals surface area contributed by atoms with Gasteiger partial charge in [-0.3, -0.25) is 4.79 Å². The van der Waals surface area contributed by atoms with E-state index in [0.717, 1.165) is 31.2 Å². The van der Waals surface area contributed by atoms with Crippen LogP contribution in [0.1, 0.15) is 42.6 Å². The van der Waals surface area contributed by atoms with Crippen LogP contribution in [0.5, 0.6) is 5.75 Å². The highest BCUT2D eigenvalue weighted by atomic mass is 16.5. The quantitative estimate of drug-likeness (QED) is 0.841. The van der Waals surface area contributed by atoms with Gasteiger partial charge in [-0.1, -0.05) is 36.6 Å². The van der Waals surface area contributed by atoms with Gasteiger partial charge in [-0.2, -0.15) is 0 Å². The molecule has 6 heteroatoms. The van der Waals surface area contributed by atoms with Crippen molar-refractivity contribution in [3.05, 3.63) is 36.0 Å². The lowest BCUT2D eigenvalue weighted by Gasteiger charge is -2.35. The molecule has 2 aromatic rings. The number of rotatable bonds is 6. The summed E-state index contributed by atoms with van der Waals surface area (Å²) in [6, 6.07) is 9.01. The number of nitrogens with zero attached hydrogens (tertiary/aromatic N) is 1. The number of methoxy groups -OCH3 is 1. The lowest BCUT2D eigenvalue weighted by molar-refractivity contribution is 0.0713. The number of hydrogen-bond donors (Lipinski definition) is 2. The zero-order chi connectivity index (χ0) is 17.7. The molecule has 1 aliphatic rings. The Balaban J connectivity index is 1.66. The van der Waals surface area contributed by atoms with Crippen LogP contribution in [-0.2, 0) is 0 Å². The molecule has 3 rings (SSSR count). The number of ether oxygens (including phenoxy) is 1. The van der Waals surface area contributed by atoms with Gasteiger partial charge in [0, 0.05) is 23.6 Å². The molecule has 1 amide bonds. The predicted molar refractivity (Wildman–Crippen MR) is 93.4 cm³/mol. The molecule has 0 aliphatic heterocycles. The van der Waals surface area contributed by atoms with Crippen molar-refractivity contribution < 1.29 is 19.2 Å². The van der Waals surface area contributed by atoms with Crippen LogP contribution in [0.3, 0.4) is 0 Å². The molecule has 0 unspecified atom stereocenters. The molecule has 2 N–H and O–H groups in total. The lowest BCUT2D eigenvalue weighted by atomic mass is 9.74. The molecule has 0 radical (unpaired) electrons. The molecule has 0 saturated heterocycles. The van der Waals surface area contributed by atoms with Crippen molar-refractivity contribution in [3.8, 4) is 17.1 Å². The molecular weight excluding hydrogens is 320 g/mol. The highest BCUT2D eigenvalue weighted by Gasteiger charge is 2.32. The fourth-order valence-corrected chi connectivity index (χ4v) is 3.35. The Morgan fingerprint density at radius 3 is 2.84 bits per heavy atom. The van der Waals surface area contributed by atoms with E-state index >= 15 is 0 Å². The summed E-state index contributed by atoms with van der Waals surface area (Å²) in [6.45, 7) is 0.560. The Morgan fingerprint density at radius 2 is 2.12 bits per heavy atom. The number of aliphatic hydroxyl groups excluding tert-OH is 1. The lowest BCUT2D eigenvalue weighted by Crippen LogP contribution is -2.41. The predicted octanol–water partition coefficient (Wildman–Crippen LogP) is 3.02. The minimum atomic E-state index is -0.281. The summed E-state index contributed by atoms with van der Waals surface area (Å²) in [4.78, 5) is 12.4. The molecule has 6 nitrogen and oxygen atoms in total. The number of amides is 1. The minimum Gasteiger partial charge on any atom is -0.497 e. The number of carbonyl (C=O) groups excluding carboxylic acids is 1. The van der Waals surface area contributed by atoms with Gasteiger partial charge in [0.25, 0.3) is 5.91 Å². The number of hydrogen-bond acceptors (Lipinski definition) is 5. The van der Waals surface area contributed by atoms with Gasteiger partial charge in [-0.05, 0) is 25.0 Å². The van der Waals surface area contributed by atoms with Crippen LogP contribution in [0.2, 0.25) is 0 Å². The van der Waals surface area contributed by atoms with Crippen LogP contribution in [0.15, 0.2) is 34.9 Å². The number of carbonyl (C=O) groups is 1. The van der Waals surface area contributed by atoms with Gasteiger partial charge >= 0.3 is 0 Å². The fourth-order valence-electron chi connectivity index (χ4n) is 3.35. The second-order valence-corrected chi connectivity index (χ2v) is 6.71. The van der Waals surface area contributed by atoms with E-state index in [-0.39, 0.29) is 23.6 Å². The molecule has 0 bridgehead atoms. The standard InChI is InChI=1S/C19H24N2O4/c1-24-15-7-5-6-14(10-15)17-11-16(21-25-17)18(23)20-12-19(13-22)8-3-2-4-9-19/h5-7,10-11,22H,2-4,8-9,12-13H2,1H3,(H,20,23). The molecule has 0 atom stereocenters. The van der Waals surface area contributed by atoms with Crippen LogP contribution in [-0.4, -0.2) is 36.4 Å². The fraction of sp³-hybridized carbons (Fsp3) is 0.474. The van der Waals surface area contributed by atoms with Crippen molar-refractivity contribution in [1.29, 1.82) is 0 Å². The van der Waals surface area contributed by atoms with E-state index < -0.39 is 0 Å². The first kappa shape index (κ1) is 17.5. The zero-order valence-corrected chi connectivity index (χ0v) is 14.5. The summed E-state index contributed by atoms with van der Waals surface area (Å²) in [5, 5.41) is 16.5. The summed E-state index contributed by atoms with van der Waals surface area (Å²) >= 11 is 0. The first-order valence-corrected chi connectivity index (χ1v) is 8.66. The average Bonchev–Trinajstić information content (AvgIpc) is 3.17. The van der Waals surface area contributed by atoms with Crippen molar-refractivity contribution in [3.63, 3.8) is 0 Å².